The zero-order chi connectivity index (χ0) is 26.5. The van der Waals surface area contributed by atoms with Crippen molar-refractivity contribution < 1.29 is 14.5 Å². The van der Waals surface area contributed by atoms with Crippen molar-refractivity contribution in [3.05, 3.63) is 103 Å². The van der Waals surface area contributed by atoms with E-state index in [1.54, 1.807) is 29.9 Å². The Balaban J connectivity index is 1.60. The van der Waals surface area contributed by atoms with Crippen molar-refractivity contribution in [1.29, 1.82) is 0 Å². The third-order valence-electron chi connectivity index (χ3n) is 5.17. The van der Waals surface area contributed by atoms with E-state index in [0.29, 0.717) is 32.5 Å². The summed E-state index contributed by atoms with van der Waals surface area (Å²) in [6.07, 6.45) is 0. The Morgan fingerprint density at radius 2 is 1.89 bits per heavy atom. The average molecular weight is 579 g/mol. The number of nitrogens with zero attached hydrogens (tertiary/aromatic N) is 4. The lowest BCUT2D eigenvalue weighted by atomic mass is 10.2. The number of methoxy groups -OCH3 is 1. The second-order valence-electron chi connectivity index (χ2n) is 7.57. The SMILES string of the molecule is COc1cccc(CSc2nnc(CNC(=O)c3ccc([N+](=O)[O-])cc3Cl)n2-c2ccc(Cl)cc2Cl)c1. The molecule has 4 rings (SSSR count). The molecule has 37 heavy (non-hydrogen) atoms. The first-order chi connectivity index (χ1) is 17.8. The highest BCUT2D eigenvalue weighted by Crippen LogP contribution is 2.31. The van der Waals surface area contributed by atoms with Gasteiger partial charge in [-0.2, -0.15) is 0 Å². The molecule has 0 aliphatic rings. The molecule has 1 N–H and O–H groups in total. The molecule has 1 heterocycles. The second-order valence-corrected chi connectivity index (χ2v) is 9.77. The maximum atomic E-state index is 12.8. The van der Waals surface area contributed by atoms with Crippen LogP contribution in [0.5, 0.6) is 5.75 Å². The van der Waals surface area contributed by atoms with E-state index < -0.39 is 10.8 Å². The van der Waals surface area contributed by atoms with Gasteiger partial charge in [-0.3, -0.25) is 19.5 Å². The fourth-order valence-corrected chi connectivity index (χ4v) is 5.04. The first kappa shape index (κ1) is 26.7. The number of amides is 1. The van der Waals surface area contributed by atoms with E-state index in [1.807, 2.05) is 24.3 Å². The van der Waals surface area contributed by atoms with Crippen LogP contribution in [-0.2, 0) is 12.3 Å². The minimum Gasteiger partial charge on any atom is -0.497 e. The van der Waals surface area contributed by atoms with E-state index in [0.717, 1.165) is 17.4 Å². The van der Waals surface area contributed by atoms with E-state index in [1.165, 1.54) is 23.9 Å². The van der Waals surface area contributed by atoms with Crippen molar-refractivity contribution >= 4 is 58.2 Å². The molecule has 1 amide bonds. The first-order valence-corrected chi connectivity index (χ1v) is 12.8. The Bertz CT molecular complexity index is 1480. The standard InChI is InChI=1S/C24H18Cl3N5O4S/c1-36-17-4-2-3-14(9-17)13-37-24-30-29-22(31(24)21-8-5-15(25)10-20(21)27)12-28-23(33)18-7-6-16(32(34)35)11-19(18)26/h2-11H,12-13H2,1H3,(H,28,33). The van der Waals surface area contributed by atoms with Crippen LogP contribution in [0.1, 0.15) is 21.7 Å². The normalized spacial score (nSPS) is 10.8. The second kappa shape index (κ2) is 11.8. The van der Waals surface area contributed by atoms with Crippen molar-refractivity contribution in [3.63, 3.8) is 0 Å². The fourth-order valence-electron chi connectivity index (χ4n) is 3.38. The molecule has 0 unspecified atom stereocenters. The monoisotopic (exact) mass is 577 g/mol. The van der Waals surface area contributed by atoms with Crippen LogP contribution >= 0.6 is 46.6 Å². The number of non-ortho nitro benzene ring substituents is 1. The van der Waals surface area contributed by atoms with Gasteiger partial charge in [-0.1, -0.05) is 58.7 Å². The van der Waals surface area contributed by atoms with Crippen LogP contribution in [0.3, 0.4) is 0 Å². The quantitative estimate of drug-likeness (QED) is 0.140. The fraction of sp³-hybridized carbons (Fsp3) is 0.125. The lowest BCUT2D eigenvalue weighted by molar-refractivity contribution is -0.384. The van der Waals surface area contributed by atoms with E-state index in [-0.39, 0.29) is 22.8 Å². The molecule has 4 aromatic rings. The number of benzene rings is 3. The van der Waals surface area contributed by atoms with E-state index in [2.05, 4.69) is 15.5 Å². The summed E-state index contributed by atoms with van der Waals surface area (Å²) in [6, 6.07) is 16.3. The number of nitrogens with one attached hydrogen (secondary N) is 1. The Morgan fingerprint density at radius 3 is 2.59 bits per heavy atom. The summed E-state index contributed by atoms with van der Waals surface area (Å²) >= 11 is 20.1. The summed E-state index contributed by atoms with van der Waals surface area (Å²) in [6.45, 7) is -0.0160. The third kappa shape index (κ3) is 6.34. The number of rotatable bonds is 9. The summed E-state index contributed by atoms with van der Waals surface area (Å²) in [4.78, 5) is 23.1. The Kier molecular flexibility index (Phi) is 8.55. The highest BCUT2D eigenvalue weighted by atomic mass is 35.5. The van der Waals surface area contributed by atoms with Gasteiger partial charge in [-0.15, -0.1) is 10.2 Å². The number of thioether (sulfide) groups is 1. The van der Waals surface area contributed by atoms with Gasteiger partial charge in [0, 0.05) is 22.9 Å². The van der Waals surface area contributed by atoms with Crippen LogP contribution < -0.4 is 10.1 Å². The lowest BCUT2D eigenvalue weighted by Gasteiger charge is -2.13. The molecule has 0 saturated heterocycles. The van der Waals surface area contributed by atoms with Crippen molar-refractivity contribution in [3.8, 4) is 11.4 Å². The number of aromatic nitrogens is 3. The summed E-state index contributed by atoms with van der Waals surface area (Å²) in [7, 11) is 1.61. The molecule has 0 fully saturated rings. The topological polar surface area (TPSA) is 112 Å². The van der Waals surface area contributed by atoms with Crippen LogP contribution in [0.2, 0.25) is 15.1 Å². The lowest BCUT2D eigenvalue weighted by Crippen LogP contribution is -2.25. The van der Waals surface area contributed by atoms with Crippen LogP contribution in [0.4, 0.5) is 5.69 Å². The zero-order valence-corrected chi connectivity index (χ0v) is 22.2. The molecule has 0 saturated carbocycles. The van der Waals surface area contributed by atoms with Gasteiger partial charge in [0.05, 0.1) is 39.9 Å². The number of nitro groups is 1. The van der Waals surface area contributed by atoms with E-state index >= 15 is 0 Å². The molecule has 0 aliphatic carbocycles. The largest absolute Gasteiger partial charge is 0.497 e. The van der Waals surface area contributed by atoms with Crippen LogP contribution in [0, 0.1) is 10.1 Å². The molecule has 0 radical (unpaired) electrons. The number of nitro benzene ring substituents is 1. The Hall–Kier alpha value is -3.31. The molecule has 0 aliphatic heterocycles. The molecule has 0 bridgehead atoms. The maximum absolute atomic E-state index is 12.8. The van der Waals surface area contributed by atoms with Crippen LogP contribution in [0.15, 0.2) is 65.8 Å². The predicted octanol–water partition coefficient (Wildman–Crippen LogP) is 6.37. The highest BCUT2D eigenvalue weighted by Gasteiger charge is 2.20. The average Bonchev–Trinajstić information content (AvgIpc) is 3.28. The van der Waals surface area contributed by atoms with Gasteiger partial charge < -0.3 is 10.1 Å². The number of carbonyl (C=O) groups is 1. The highest BCUT2D eigenvalue weighted by molar-refractivity contribution is 7.98. The van der Waals surface area contributed by atoms with E-state index in [9.17, 15) is 14.9 Å². The molecule has 9 nitrogen and oxygen atoms in total. The Labute approximate surface area is 230 Å². The minimum absolute atomic E-state index is 0.0160. The van der Waals surface area contributed by atoms with Crippen LogP contribution in [0.25, 0.3) is 5.69 Å². The smallest absolute Gasteiger partial charge is 0.270 e. The van der Waals surface area contributed by atoms with Crippen molar-refractivity contribution in [1.82, 2.24) is 20.1 Å². The molecule has 0 atom stereocenters. The molecule has 1 aromatic heterocycles. The number of carbonyl (C=O) groups excluding carboxylic acids is 1. The van der Waals surface area contributed by atoms with Crippen molar-refractivity contribution in [2.45, 2.75) is 17.5 Å². The predicted molar refractivity (Wildman–Crippen MR) is 143 cm³/mol. The Morgan fingerprint density at radius 1 is 1.08 bits per heavy atom. The third-order valence-corrected chi connectivity index (χ3v) is 7.02. The minimum atomic E-state index is -0.587. The van der Waals surface area contributed by atoms with Gasteiger partial charge in [-0.25, -0.2) is 0 Å². The van der Waals surface area contributed by atoms with E-state index in [4.69, 9.17) is 39.5 Å². The zero-order valence-electron chi connectivity index (χ0n) is 19.2. The van der Waals surface area contributed by atoms with Gasteiger partial charge in [0.2, 0.25) is 0 Å². The molecule has 190 valence electrons. The molecular formula is C24H18Cl3N5O4S. The molecular weight excluding hydrogens is 561 g/mol. The number of hydrogen-bond donors (Lipinski definition) is 1. The van der Waals surface area contributed by atoms with Crippen molar-refractivity contribution in [2.75, 3.05) is 7.11 Å². The van der Waals surface area contributed by atoms with Gasteiger partial charge in [0.15, 0.2) is 11.0 Å². The van der Waals surface area contributed by atoms with Gasteiger partial charge in [0.25, 0.3) is 11.6 Å². The summed E-state index contributed by atoms with van der Waals surface area (Å²) in [5, 5.41) is 23.6. The van der Waals surface area contributed by atoms with Gasteiger partial charge in [0.1, 0.15) is 5.75 Å². The molecule has 3 aromatic carbocycles. The molecule has 13 heteroatoms. The van der Waals surface area contributed by atoms with Gasteiger partial charge in [-0.05, 0) is 42.0 Å². The number of halogens is 3. The van der Waals surface area contributed by atoms with Crippen LogP contribution in [-0.4, -0.2) is 32.7 Å². The number of ether oxygens (including phenoxy) is 1. The first-order valence-electron chi connectivity index (χ1n) is 10.6. The maximum Gasteiger partial charge on any atom is 0.270 e. The summed E-state index contributed by atoms with van der Waals surface area (Å²) < 4.78 is 7.03. The number of hydrogen-bond acceptors (Lipinski definition) is 7. The van der Waals surface area contributed by atoms with Gasteiger partial charge >= 0.3 is 0 Å². The summed E-state index contributed by atoms with van der Waals surface area (Å²) in [5.41, 5.74) is 1.48. The van der Waals surface area contributed by atoms with Crippen molar-refractivity contribution in [2.24, 2.45) is 0 Å². The summed E-state index contributed by atoms with van der Waals surface area (Å²) in [5.74, 6) is 1.20. The molecule has 0 spiro atoms.